The minimum absolute atomic E-state index is 0.475. The number of allylic oxidation sites excluding steroid dienone is 2. The summed E-state index contributed by atoms with van der Waals surface area (Å²) in [5.41, 5.74) is 4.53. The number of hydrogen-bond donors (Lipinski definition) is 0. The van der Waals surface area contributed by atoms with Gasteiger partial charge in [-0.1, -0.05) is 122 Å². The van der Waals surface area contributed by atoms with E-state index in [-0.39, 0.29) is 0 Å². The van der Waals surface area contributed by atoms with Gasteiger partial charge in [0.2, 0.25) is 0 Å². The van der Waals surface area contributed by atoms with Crippen LogP contribution in [0.1, 0.15) is 163 Å². The van der Waals surface area contributed by atoms with E-state index in [4.69, 9.17) is 0 Å². The van der Waals surface area contributed by atoms with E-state index >= 15 is 0 Å². The molecule has 0 aromatic carbocycles. The van der Waals surface area contributed by atoms with Gasteiger partial charge < -0.3 is 0 Å². The first-order valence-electron chi connectivity index (χ1n) is 14.6. The van der Waals surface area contributed by atoms with Crippen LogP contribution in [0, 0.1) is 10.8 Å². The smallest absolute Gasteiger partial charge is 0.0791 e. The maximum Gasteiger partial charge on any atom is 0.106 e. The molecule has 0 nitrogen and oxygen atoms in total. The summed E-state index contributed by atoms with van der Waals surface area (Å²) in [6.45, 7) is 12.6. The zero-order valence-corrected chi connectivity index (χ0v) is 22.8. The molecule has 0 amide bonds. The molecular weight excluding hydrogens is 371 g/mol. The fraction of sp³-hybridized carbons (Fsp3) is 0.933. The summed E-state index contributed by atoms with van der Waals surface area (Å²) in [6, 6.07) is 0. The summed E-state index contributed by atoms with van der Waals surface area (Å²) >= 11 is 0. The van der Waals surface area contributed by atoms with Gasteiger partial charge in [0.15, 0.2) is 0 Å². The Hall–Kier alpha value is -0.195. The lowest BCUT2D eigenvalue weighted by atomic mass is 9.57. The van der Waals surface area contributed by atoms with Crippen molar-refractivity contribution in [3.63, 3.8) is 0 Å². The Kier molecular flexibility index (Phi) is 15.3. The van der Waals surface area contributed by atoms with Gasteiger partial charge in [-0.05, 0) is 69.1 Å². The molecule has 31 heavy (non-hydrogen) atoms. The second kappa shape index (κ2) is 16.4. The average molecular weight is 431 g/mol. The Morgan fingerprint density at radius 2 is 1.26 bits per heavy atom. The topological polar surface area (TPSA) is 0 Å². The van der Waals surface area contributed by atoms with Crippen LogP contribution < -0.4 is 0 Å². The molecule has 0 aromatic heterocycles. The van der Waals surface area contributed by atoms with Gasteiger partial charge in [-0.3, -0.25) is 0 Å². The average Bonchev–Trinajstić information content (AvgIpc) is 2.75. The number of hydrogen-bond acceptors (Lipinski definition) is 0. The summed E-state index contributed by atoms with van der Waals surface area (Å²) in [5, 5.41) is 0. The molecule has 1 unspecified atom stereocenters. The predicted octanol–water partition coefficient (Wildman–Crippen LogP) is 10.2. The molecule has 0 bridgehead atoms. The minimum atomic E-state index is 0.475. The van der Waals surface area contributed by atoms with Gasteiger partial charge in [0, 0.05) is 0 Å². The van der Waals surface area contributed by atoms with Gasteiger partial charge in [-0.25, -0.2) is 0 Å². The van der Waals surface area contributed by atoms with Crippen molar-refractivity contribution in [2.24, 2.45) is 10.8 Å². The van der Waals surface area contributed by atoms with E-state index in [1.165, 1.54) is 135 Å². The maximum absolute atomic E-state index is 2.62. The van der Waals surface area contributed by atoms with Gasteiger partial charge >= 0.3 is 0 Å². The van der Waals surface area contributed by atoms with Crippen LogP contribution in [0.3, 0.4) is 0 Å². The van der Waals surface area contributed by atoms with E-state index in [1.54, 1.807) is 11.1 Å². The van der Waals surface area contributed by atoms with Crippen molar-refractivity contribution in [2.75, 3.05) is 0 Å². The van der Waals surface area contributed by atoms with Crippen molar-refractivity contribution in [2.45, 2.75) is 169 Å². The Balaban J connectivity index is 2.90. The molecule has 0 aromatic rings. The van der Waals surface area contributed by atoms with Crippen LogP contribution in [0.5, 0.6) is 0 Å². The Labute approximate surface area is 199 Å². The third-order valence-electron chi connectivity index (χ3n) is 9.14. The Bertz CT molecular complexity index is 475. The standard InChI is InChI=1S/C30H59B/c1-6-8-24-30(7-2)25-20-22-28(26-31)27(3)21-18-16-14-12-10-9-11-13-15-17-19-23-29(30,4)5/h6-26,31H2,1-5H3/b28-27-. The molecule has 1 heteroatoms. The first-order chi connectivity index (χ1) is 14.9. The SMILES string of the molecule is BC/C1=C(/C)CCCCCCCCCCCCCC(C)(C)C(CC)(CCCC)CCC1. The van der Waals surface area contributed by atoms with Crippen LogP contribution in [0.2, 0.25) is 6.32 Å². The van der Waals surface area contributed by atoms with Crippen LogP contribution in [0.25, 0.3) is 0 Å². The van der Waals surface area contributed by atoms with Crippen molar-refractivity contribution in [3.8, 4) is 0 Å². The highest BCUT2D eigenvalue weighted by Gasteiger charge is 2.41. The lowest BCUT2D eigenvalue weighted by Crippen LogP contribution is -2.37. The van der Waals surface area contributed by atoms with Crippen LogP contribution in [-0.2, 0) is 0 Å². The van der Waals surface area contributed by atoms with E-state index < -0.39 is 0 Å². The second-order valence-corrected chi connectivity index (χ2v) is 11.6. The largest absolute Gasteiger partial charge is 0.106 e. The minimum Gasteiger partial charge on any atom is -0.0791 e. The van der Waals surface area contributed by atoms with E-state index in [0.29, 0.717) is 10.8 Å². The summed E-state index contributed by atoms with van der Waals surface area (Å²) in [6.07, 6.45) is 29.8. The first kappa shape index (κ1) is 28.8. The molecule has 182 valence electrons. The number of unbranched alkanes of at least 4 members (excludes halogenated alkanes) is 1. The van der Waals surface area contributed by atoms with Gasteiger partial charge in [-0.15, -0.1) is 0 Å². The van der Waals surface area contributed by atoms with Crippen molar-refractivity contribution in [3.05, 3.63) is 11.1 Å². The molecule has 0 spiro atoms. The molecule has 1 aliphatic carbocycles. The zero-order chi connectivity index (χ0) is 23.0. The maximum atomic E-state index is 2.62. The molecule has 0 N–H and O–H groups in total. The van der Waals surface area contributed by atoms with Crippen molar-refractivity contribution >= 4 is 7.85 Å². The summed E-state index contributed by atoms with van der Waals surface area (Å²) in [4.78, 5) is 0. The molecule has 1 aliphatic rings. The highest BCUT2D eigenvalue weighted by molar-refractivity contribution is 6.10. The predicted molar refractivity (Wildman–Crippen MR) is 146 cm³/mol. The molecule has 0 aliphatic heterocycles. The summed E-state index contributed by atoms with van der Waals surface area (Å²) < 4.78 is 0. The summed E-state index contributed by atoms with van der Waals surface area (Å²) in [7, 11) is 2.39. The normalized spacial score (nSPS) is 28.8. The van der Waals surface area contributed by atoms with Crippen molar-refractivity contribution in [1.82, 2.24) is 0 Å². The fourth-order valence-corrected chi connectivity index (χ4v) is 6.47. The van der Waals surface area contributed by atoms with Gasteiger partial charge in [0.25, 0.3) is 0 Å². The molecule has 1 rings (SSSR count). The molecule has 1 atom stereocenters. The lowest BCUT2D eigenvalue weighted by Gasteiger charge is -2.48. The van der Waals surface area contributed by atoms with Crippen molar-refractivity contribution < 1.29 is 0 Å². The highest BCUT2D eigenvalue weighted by atomic mass is 14.5. The Morgan fingerprint density at radius 3 is 1.77 bits per heavy atom. The molecule has 0 fully saturated rings. The van der Waals surface area contributed by atoms with E-state index in [2.05, 4.69) is 42.5 Å². The van der Waals surface area contributed by atoms with E-state index in [0.717, 1.165) is 0 Å². The Morgan fingerprint density at radius 1 is 0.710 bits per heavy atom. The zero-order valence-electron chi connectivity index (χ0n) is 22.8. The molecule has 0 heterocycles. The van der Waals surface area contributed by atoms with Gasteiger partial charge in [-0.2, -0.15) is 0 Å². The fourth-order valence-electron chi connectivity index (χ4n) is 6.47. The van der Waals surface area contributed by atoms with Crippen LogP contribution in [-0.4, -0.2) is 7.85 Å². The molecule has 0 saturated heterocycles. The molecule has 0 saturated carbocycles. The first-order valence-corrected chi connectivity index (χ1v) is 14.6. The third-order valence-corrected chi connectivity index (χ3v) is 9.14. The number of rotatable bonds is 5. The third kappa shape index (κ3) is 10.5. The summed E-state index contributed by atoms with van der Waals surface area (Å²) in [5.74, 6) is 0. The van der Waals surface area contributed by atoms with Gasteiger partial charge in [0.05, 0.1) is 0 Å². The van der Waals surface area contributed by atoms with Gasteiger partial charge in [0.1, 0.15) is 7.85 Å². The molecule has 0 radical (unpaired) electrons. The van der Waals surface area contributed by atoms with E-state index in [1.807, 2.05) is 0 Å². The second-order valence-electron chi connectivity index (χ2n) is 11.6. The quantitative estimate of drug-likeness (QED) is 0.300. The van der Waals surface area contributed by atoms with Crippen LogP contribution in [0.15, 0.2) is 11.1 Å². The van der Waals surface area contributed by atoms with E-state index in [9.17, 15) is 0 Å². The monoisotopic (exact) mass is 430 g/mol. The van der Waals surface area contributed by atoms with Crippen LogP contribution >= 0.6 is 0 Å². The highest BCUT2D eigenvalue weighted by Crippen LogP contribution is 2.52. The lowest BCUT2D eigenvalue weighted by molar-refractivity contribution is 0.0266. The molecular formula is C30H59B. The van der Waals surface area contributed by atoms with Crippen LogP contribution in [0.4, 0.5) is 0 Å². The van der Waals surface area contributed by atoms with Crippen molar-refractivity contribution in [1.29, 1.82) is 0 Å².